The molecule has 0 spiro atoms. The van der Waals surface area contributed by atoms with Crippen LogP contribution in [0.15, 0.2) is 6.07 Å². The van der Waals surface area contributed by atoms with Crippen LogP contribution in [0.3, 0.4) is 0 Å². The van der Waals surface area contributed by atoms with Crippen molar-refractivity contribution in [1.29, 1.82) is 0 Å². The van der Waals surface area contributed by atoms with Gasteiger partial charge in [-0.3, -0.25) is 4.79 Å². The van der Waals surface area contributed by atoms with Crippen LogP contribution < -0.4 is 4.74 Å². The Morgan fingerprint density at radius 2 is 2.06 bits per heavy atom. The molecule has 0 saturated heterocycles. The normalized spacial score (nSPS) is 19.9. The van der Waals surface area contributed by atoms with E-state index in [4.69, 9.17) is 4.74 Å². The minimum Gasteiger partial charge on any atom is -0.492 e. The molecule has 0 amide bonds. The van der Waals surface area contributed by atoms with E-state index in [0.717, 1.165) is 12.5 Å². The summed E-state index contributed by atoms with van der Waals surface area (Å²) < 4.78 is 32.9. The summed E-state index contributed by atoms with van der Waals surface area (Å²) in [5.74, 6) is -2.40. The van der Waals surface area contributed by atoms with Crippen LogP contribution in [0.25, 0.3) is 0 Å². The van der Waals surface area contributed by atoms with Gasteiger partial charge in [0.05, 0.1) is 12.0 Å². The van der Waals surface area contributed by atoms with Crippen LogP contribution in [0.2, 0.25) is 0 Å². The molecule has 18 heavy (non-hydrogen) atoms. The largest absolute Gasteiger partial charge is 0.492 e. The standard InChI is InChI=1S/C13H12F2O3/c14-8-6-9(15)10(11-7(8)2-5-18-11)13(12(16)17)3-1-4-13/h6H,1-5H2,(H,16,17). The van der Waals surface area contributed by atoms with Crippen LogP contribution in [0.5, 0.6) is 5.75 Å². The van der Waals surface area contributed by atoms with Crippen LogP contribution in [-0.2, 0) is 16.6 Å². The third-order valence-electron chi connectivity index (χ3n) is 3.98. The average molecular weight is 254 g/mol. The minimum atomic E-state index is -1.23. The Labute approximate surface area is 102 Å². The molecule has 1 aliphatic heterocycles. The van der Waals surface area contributed by atoms with Crippen molar-refractivity contribution in [2.75, 3.05) is 6.61 Å². The highest BCUT2D eigenvalue weighted by molar-refractivity contribution is 5.84. The minimum absolute atomic E-state index is 0.0372. The molecule has 3 nitrogen and oxygen atoms in total. The van der Waals surface area contributed by atoms with Crippen molar-refractivity contribution in [1.82, 2.24) is 0 Å². The number of halogens is 2. The first-order valence-corrected chi connectivity index (χ1v) is 5.94. The number of hydrogen-bond acceptors (Lipinski definition) is 2. The number of hydrogen-bond donors (Lipinski definition) is 1. The van der Waals surface area contributed by atoms with E-state index in [1.807, 2.05) is 0 Å². The lowest BCUT2D eigenvalue weighted by molar-refractivity contribution is -0.147. The molecule has 1 aromatic rings. The van der Waals surface area contributed by atoms with Crippen LogP contribution in [0, 0.1) is 11.6 Å². The highest BCUT2D eigenvalue weighted by atomic mass is 19.1. The molecule has 3 rings (SSSR count). The molecule has 2 aliphatic rings. The molecule has 1 N–H and O–H groups in total. The van der Waals surface area contributed by atoms with E-state index in [9.17, 15) is 18.7 Å². The van der Waals surface area contributed by atoms with E-state index in [1.54, 1.807) is 0 Å². The van der Waals surface area contributed by atoms with Crippen molar-refractivity contribution in [2.45, 2.75) is 31.1 Å². The van der Waals surface area contributed by atoms with Gasteiger partial charge in [0.2, 0.25) is 0 Å². The van der Waals surface area contributed by atoms with E-state index in [0.29, 0.717) is 24.8 Å². The molecular formula is C13H12F2O3. The Morgan fingerprint density at radius 1 is 1.33 bits per heavy atom. The molecule has 0 radical (unpaired) electrons. The molecule has 1 aliphatic carbocycles. The van der Waals surface area contributed by atoms with Crippen molar-refractivity contribution in [3.05, 3.63) is 28.8 Å². The van der Waals surface area contributed by atoms with Gasteiger partial charge in [0.1, 0.15) is 17.4 Å². The average Bonchev–Trinajstić information content (AvgIpc) is 2.69. The Morgan fingerprint density at radius 3 is 2.61 bits per heavy atom. The third-order valence-corrected chi connectivity index (χ3v) is 3.98. The van der Waals surface area contributed by atoms with Crippen molar-refractivity contribution in [2.24, 2.45) is 0 Å². The molecule has 96 valence electrons. The summed E-state index contributed by atoms with van der Waals surface area (Å²) in [7, 11) is 0. The smallest absolute Gasteiger partial charge is 0.314 e. The summed E-state index contributed by atoms with van der Waals surface area (Å²) in [5, 5.41) is 9.35. The van der Waals surface area contributed by atoms with Crippen molar-refractivity contribution < 1.29 is 23.4 Å². The summed E-state index contributed by atoms with van der Waals surface area (Å²) in [4.78, 5) is 11.4. The number of carboxylic acids is 1. The Balaban J connectivity index is 2.24. The van der Waals surface area contributed by atoms with Gasteiger partial charge in [-0.2, -0.15) is 0 Å². The van der Waals surface area contributed by atoms with E-state index < -0.39 is 23.0 Å². The summed E-state index contributed by atoms with van der Waals surface area (Å²) in [5.41, 5.74) is -0.888. The van der Waals surface area contributed by atoms with Gasteiger partial charge in [0, 0.05) is 23.6 Å². The maximum atomic E-state index is 14.0. The quantitative estimate of drug-likeness (QED) is 0.881. The van der Waals surface area contributed by atoms with Crippen LogP contribution in [-0.4, -0.2) is 17.7 Å². The van der Waals surface area contributed by atoms with Gasteiger partial charge in [0.15, 0.2) is 0 Å². The van der Waals surface area contributed by atoms with Gasteiger partial charge in [-0.25, -0.2) is 8.78 Å². The number of carbonyl (C=O) groups is 1. The second kappa shape index (κ2) is 3.67. The lowest BCUT2D eigenvalue weighted by atomic mass is 9.63. The highest BCUT2D eigenvalue weighted by Gasteiger charge is 2.50. The van der Waals surface area contributed by atoms with Gasteiger partial charge in [-0.05, 0) is 12.8 Å². The predicted molar refractivity (Wildman–Crippen MR) is 58.7 cm³/mol. The molecule has 1 fully saturated rings. The van der Waals surface area contributed by atoms with Crippen molar-refractivity contribution >= 4 is 5.97 Å². The molecule has 1 heterocycles. The summed E-state index contributed by atoms with van der Waals surface area (Å²) >= 11 is 0. The highest BCUT2D eigenvalue weighted by Crippen LogP contribution is 2.50. The molecule has 0 aromatic heterocycles. The van der Waals surface area contributed by atoms with Gasteiger partial charge in [0.25, 0.3) is 0 Å². The first kappa shape index (κ1) is 11.4. The van der Waals surface area contributed by atoms with Gasteiger partial charge < -0.3 is 9.84 Å². The SMILES string of the molecule is O=C(O)C1(c2c(F)cc(F)c3c2OCC3)CCC1. The Hall–Kier alpha value is -1.65. The number of rotatable bonds is 2. The zero-order chi connectivity index (χ0) is 12.9. The topological polar surface area (TPSA) is 46.5 Å². The van der Waals surface area contributed by atoms with Crippen molar-refractivity contribution in [3.63, 3.8) is 0 Å². The number of carboxylic acid groups (broad SMARTS) is 1. The van der Waals surface area contributed by atoms with Crippen molar-refractivity contribution in [3.8, 4) is 5.75 Å². The first-order valence-electron chi connectivity index (χ1n) is 5.94. The van der Waals surface area contributed by atoms with Gasteiger partial charge >= 0.3 is 5.97 Å². The molecule has 0 bridgehead atoms. The zero-order valence-electron chi connectivity index (χ0n) is 9.63. The number of aliphatic carboxylic acids is 1. The predicted octanol–water partition coefficient (Wildman–Crippen LogP) is 2.41. The molecule has 0 atom stereocenters. The molecule has 5 heteroatoms. The second-order valence-corrected chi connectivity index (χ2v) is 4.86. The van der Waals surface area contributed by atoms with Gasteiger partial charge in [-0.15, -0.1) is 0 Å². The Kier molecular flexibility index (Phi) is 2.33. The van der Waals surface area contributed by atoms with E-state index in [2.05, 4.69) is 0 Å². The summed E-state index contributed by atoms with van der Waals surface area (Å²) in [6, 6.07) is 0.784. The molecule has 1 saturated carbocycles. The monoisotopic (exact) mass is 254 g/mol. The summed E-state index contributed by atoms with van der Waals surface area (Å²) in [6.07, 6.45) is 1.85. The maximum Gasteiger partial charge on any atom is 0.314 e. The molecule has 1 aromatic carbocycles. The van der Waals surface area contributed by atoms with Crippen LogP contribution in [0.4, 0.5) is 8.78 Å². The van der Waals surface area contributed by atoms with E-state index >= 15 is 0 Å². The van der Waals surface area contributed by atoms with E-state index in [1.165, 1.54) is 0 Å². The fourth-order valence-corrected chi connectivity index (χ4v) is 2.83. The lowest BCUT2D eigenvalue weighted by Gasteiger charge is -2.38. The number of ether oxygens (including phenoxy) is 1. The number of fused-ring (bicyclic) bond motifs is 1. The fourth-order valence-electron chi connectivity index (χ4n) is 2.83. The molecule has 0 unspecified atom stereocenters. The van der Waals surface area contributed by atoms with E-state index in [-0.39, 0.29) is 17.9 Å². The molecular weight excluding hydrogens is 242 g/mol. The lowest BCUT2D eigenvalue weighted by Crippen LogP contribution is -2.43. The van der Waals surface area contributed by atoms with Crippen LogP contribution in [0.1, 0.15) is 30.4 Å². The fraction of sp³-hybridized carbons (Fsp3) is 0.462. The summed E-state index contributed by atoms with van der Waals surface area (Å²) in [6.45, 7) is 0.276. The van der Waals surface area contributed by atoms with Gasteiger partial charge in [-0.1, -0.05) is 6.42 Å². The third kappa shape index (κ3) is 1.30. The zero-order valence-corrected chi connectivity index (χ0v) is 9.63. The number of benzene rings is 1. The van der Waals surface area contributed by atoms with Crippen LogP contribution >= 0.6 is 0 Å². The first-order chi connectivity index (χ1) is 8.56. The maximum absolute atomic E-state index is 14.0. The Bertz CT molecular complexity index is 536. The second-order valence-electron chi connectivity index (χ2n) is 4.86.